The average molecular weight is 250 g/mol. The molecule has 0 radical (unpaired) electrons. The second-order valence-electron chi connectivity index (χ2n) is 4.36. The molecule has 0 heterocycles. The number of rotatable bonds is 9. The van der Waals surface area contributed by atoms with Crippen molar-refractivity contribution >= 4 is 5.97 Å². The Hall–Kier alpha value is -1.39. The predicted octanol–water partition coefficient (Wildman–Crippen LogP) is 1.62. The maximum Gasteiger partial charge on any atom is 0.320 e. The van der Waals surface area contributed by atoms with Gasteiger partial charge in [-0.25, -0.2) is 0 Å². The first kappa shape index (κ1) is 14.7. The summed E-state index contributed by atoms with van der Waals surface area (Å²) >= 11 is 0. The SMILES string of the molecule is CNCCCCC(NCc1ccccc1)C(=O)O. The van der Waals surface area contributed by atoms with Gasteiger partial charge in [0.25, 0.3) is 0 Å². The van der Waals surface area contributed by atoms with Crippen LogP contribution < -0.4 is 10.6 Å². The molecule has 1 aromatic rings. The van der Waals surface area contributed by atoms with E-state index in [1.807, 2.05) is 37.4 Å². The van der Waals surface area contributed by atoms with E-state index >= 15 is 0 Å². The van der Waals surface area contributed by atoms with Crippen LogP contribution >= 0.6 is 0 Å². The van der Waals surface area contributed by atoms with Crippen LogP contribution in [-0.2, 0) is 11.3 Å². The summed E-state index contributed by atoms with van der Waals surface area (Å²) in [6, 6.07) is 9.40. The van der Waals surface area contributed by atoms with Crippen LogP contribution in [0.15, 0.2) is 30.3 Å². The molecule has 0 bridgehead atoms. The first-order valence-corrected chi connectivity index (χ1v) is 6.38. The second kappa shape index (κ2) is 8.66. The number of nitrogens with one attached hydrogen (secondary N) is 2. The van der Waals surface area contributed by atoms with Crippen molar-refractivity contribution < 1.29 is 9.90 Å². The maximum atomic E-state index is 11.1. The first-order chi connectivity index (χ1) is 8.74. The van der Waals surface area contributed by atoms with Crippen LogP contribution in [0.2, 0.25) is 0 Å². The lowest BCUT2D eigenvalue weighted by Gasteiger charge is -2.14. The van der Waals surface area contributed by atoms with Crippen LogP contribution in [-0.4, -0.2) is 30.7 Å². The second-order valence-corrected chi connectivity index (χ2v) is 4.36. The van der Waals surface area contributed by atoms with Crippen molar-refractivity contribution in [2.45, 2.75) is 31.8 Å². The van der Waals surface area contributed by atoms with Gasteiger partial charge in [-0.15, -0.1) is 0 Å². The van der Waals surface area contributed by atoms with Crippen molar-refractivity contribution in [3.63, 3.8) is 0 Å². The summed E-state index contributed by atoms with van der Waals surface area (Å²) in [5.74, 6) is -0.768. The molecule has 0 saturated carbocycles. The Morgan fingerprint density at radius 1 is 1.28 bits per heavy atom. The molecule has 1 atom stereocenters. The quantitative estimate of drug-likeness (QED) is 0.583. The molecule has 3 N–H and O–H groups in total. The molecule has 4 heteroatoms. The summed E-state index contributed by atoms with van der Waals surface area (Å²) in [5, 5.41) is 15.3. The summed E-state index contributed by atoms with van der Waals surface area (Å²) in [4.78, 5) is 11.1. The molecule has 0 amide bonds. The Balaban J connectivity index is 2.32. The van der Waals surface area contributed by atoms with Crippen molar-refractivity contribution in [3.05, 3.63) is 35.9 Å². The Morgan fingerprint density at radius 2 is 2.00 bits per heavy atom. The molecule has 0 aliphatic carbocycles. The lowest BCUT2D eigenvalue weighted by molar-refractivity contribution is -0.139. The van der Waals surface area contributed by atoms with Crippen LogP contribution in [0.5, 0.6) is 0 Å². The molecule has 1 unspecified atom stereocenters. The van der Waals surface area contributed by atoms with Crippen LogP contribution in [0.3, 0.4) is 0 Å². The Labute approximate surface area is 108 Å². The smallest absolute Gasteiger partial charge is 0.320 e. The minimum Gasteiger partial charge on any atom is -0.480 e. The van der Waals surface area contributed by atoms with Gasteiger partial charge in [0.05, 0.1) is 0 Å². The van der Waals surface area contributed by atoms with Crippen molar-refractivity contribution in [1.29, 1.82) is 0 Å². The van der Waals surface area contributed by atoms with E-state index < -0.39 is 12.0 Å². The fraction of sp³-hybridized carbons (Fsp3) is 0.500. The molecule has 18 heavy (non-hydrogen) atoms. The van der Waals surface area contributed by atoms with Gasteiger partial charge in [-0.1, -0.05) is 36.8 Å². The summed E-state index contributed by atoms with van der Waals surface area (Å²) in [7, 11) is 1.91. The van der Waals surface area contributed by atoms with Crippen LogP contribution in [0.25, 0.3) is 0 Å². The fourth-order valence-corrected chi connectivity index (χ4v) is 1.80. The summed E-state index contributed by atoms with van der Waals surface area (Å²) in [6.45, 7) is 1.54. The average Bonchev–Trinajstić information content (AvgIpc) is 2.38. The zero-order chi connectivity index (χ0) is 13.2. The van der Waals surface area contributed by atoms with Gasteiger partial charge < -0.3 is 15.7 Å². The Bertz CT molecular complexity index is 341. The molecule has 0 fully saturated rings. The van der Waals surface area contributed by atoms with Gasteiger partial charge in [0, 0.05) is 6.54 Å². The number of carboxylic acid groups (broad SMARTS) is 1. The highest BCUT2D eigenvalue weighted by Gasteiger charge is 2.15. The monoisotopic (exact) mass is 250 g/mol. The molecule has 4 nitrogen and oxygen atoms in total. The number of aliphatic carboxylic acids is 1. The van der Waals surface area contributed by atoms with Gasteiger partial charge in [-0.3, -0.25) is 4.79 Å². The molecule has 0 saturated heterocycles. The fourth-order valence-electron chi connectivity index (χ4n) is 1.80. The highest BCUT2D eigenvalue weighted by atomic mass is 16.4. The first-order valence-electron chi connectivity index (χ1n) is 6.38. The number of benzene rings is 1. The Kier molecular flexibility index (Phi) is 7.06. The molecule has 1 rings (SSSR count). The van der Waals surface area contributed by atoms with E-state index in [0.29, 0.717) is 13.0 Å². The third-order valence-corrected chi connectivity index (χ3v) is 2.86. The summed E-state index contributed by atoms with van der Waals surface area (Å²) < 4.78 is 0. The van der Waals surface area contributed by atoms with Crippen LogP contribution in [0.4, 0.5) is 0 Å². The number of hydrogen-bond donors (Lipinski definition) is 3. The minimum absolute atomic E-state index is 0.456. The number of carboxylic acids is 1. The van der Waals surface area contributed by atoms with Crippen molar-refractivity contribution in [1.82, 2.24) is 10.6 Å². The van der Waals surface area contributed by atoms with E-state index in [2.05, 4.69) is 10.6 Å². The number of carbonyl (C=O) groups is 1. The van der Waals surface area contributed by atoms with Crippen molar-refractivity contribution in [3.8, 4) is 0 Å². The molecule has 1 aromatic carbocycles. The van der Waals surface area contributed by atoms with E-state index in [4.69, 9.17) is 5.11 Å². The topological polar surface area (TPSA) is 61.4 Å². The third kappa shape index (κ3) is 5.80. The van der Waals surface area contributed by atoms with Gasteiger partial charge in [0.1, 0.15) is 6.04 Å². The largest absolute Gasteiger partial charge is 0.480 e. The molecule has 0 aromatic heterocycles. The standard InChI is InChI=1S/C14H22N2O2/c1-15-10-6-5-9-13(14(17)18)16-11-12-7-3-2-4-8-12/h2-4,7-8,13,15-16H,5-6,9-11H2,1H3,(H,17,18). The van der Waals surface area contributed by atoms with Gasteiger partial charge in [0.15, 0.2) is 0 Å². The summed E-state index contributed by atoms with van der Waals surface area (Å²) in [6.07, 6.45) is 2.59. The molecule has 0 aliphatic rings. The van der Waals surface area contributed by atoms with Crippen LogP contribution in [0, 0.1) is 0 Å². The highest BCUT2D eigenvalue weighted by Crippen LogP contribution is 2.04. The lowest BCUT2D eigenvalue weighted by atomic mass is 10.1. The molecule has 100 valence electrons. The highest BCUT2D eigenvalue weighted by molar-refractivity contribution is 5.73. The summed E-state index contributed by atoms with van der Waals surface area (Å²) in [5.41, 5.74) is 1.11. The van der Waals surface area contributed by atoms with E-state index in [1.54, 1.807) is 0 Å². The molecule has 0 spiro atoms. The van der Waals surface area contributed by atoms with Gasteiger partial charge >= 0.3 is 5.97 Å². The van der Waals surface area contributed by atoms with E-state index in [1.165, 1.54) is 0 Å². The molecule has 0 aliphatic heterocycles. The third-order valence-electron chi connectivity index (χ3n) is 2.86. The van der Waals surface area contributed by atoms with E-state index in [-0.39, 0.29) is 0 Å². The van der Waals surface area contributed by atoms with Gasteiger partial charge in [0.2, 0.25) is 0 Å². The number of unbranched alkanes of at least 4 members (excludes halogenated alkanes) is 1. The maximum absolute atomic E-state index is 11.1. The molecular weight excluding hydrogens is 228 g/mol. The minimum atomic E-state index is -0.768. The normalized spacial score (nSPS) is 12.3. The molecular formula is C14H22N2O2. The Morgan fingerprint density at radius 3 is 2.61 bits per heavy atom. The zero-order valence-corrected chi connectivity index (χ0v) is 10.9. The van der Waals surface area contributed by atoms with Crippen molar-refractivity contribution in [2.75, 3.05) is 13.6 Å². The van der Waals surface area contributed by atoms with Crippen LogP contribution in [0.1, 0.15) is 24.8 Å². The zero-order valence-electron chi connectivity index (χ0n) is 10.9. The van der Waals surface area contributed by atoms with Crippen molar-refractivity contribution in [2.24, 2.45) is 0 Å². The van der Waals surface area contributed by atoms with E-state index in [9.17, 15) is 4.79 Å². The van der Waals surface area contributed by atoms with Gasteiger partial charge in [-0.2, -0.15) is 0 Å². The van der Waals surface area contributed by atoms with Gasteiger partial charge in [-0.05, 0) is 32.0 Å². The van der Waals surface area contributed by atoms with E-state index in [0.717, 1.165) is 24.9 Å². The lowest BCUT2D eigenvalue weighted by Crippen LogP contribution is -2.36. The number of hydrogen-bond acceptors (Lipinski definition) is 3. The predicted molar refractivity (Wildman–Crippen MR) is 72.5 cm³/mol.